The third-order valence-electron chi connectivity index (χ3n) is 3.57. The van der Waals surface area contributed by atoms with E-state index in [0.29, 0.717) is 6.42 Å². The van der Waals surface area contributed by atoms with E-state index in [-0.39, 0.29) is 5.91 Å². The van der Waals surface area contributed by atoms with Crippen molar-refractivity contribution in [3.63, 3.8) is 0 Å². The fraction of sp³-hybridized carbons (Fsp3) is 0.188. The fourth-order valence-electron chi connectivity index (χ4n) is 2.27. The van der Waals surface area contributed by atoms with E-state index in [1.54, 1.807) is 11.8 Å². The van der Waals surface area contributed by atoms with Crippen molar-refractivity contribution in [2.75, 3.05) is 11.1 Å². The van der Waals surface area contributed by atoms with Crippen LogP contribution in [0.25, 0.3) is 0 Å². The van der Waals surface area contributed by atoms with Crippen LogP contribution in [0, 0.1) is 13.8 Å². The summed E-state index contributed by atoms with van der Waals surface area (Å²) in [5.74, 6) is 0.0349. The van der Waals surface area contributed by atoms with E-state index in [0.717, 1.165) is 26.7 Å². The largest absolute Gasteiger partial charge is 0.398 e. The smallest absolute Gasteiger partial charge is 0.228 e. The van der Waals surface area contributed by atoms with E-state index < -0.39 is 0 Å². The van der Waals surface area contributed by atoms with Crippen LogP contribution in [0.2, 0.25) is 0 Å². The SMILES string of the molecule is Cc1ccc(Sc2cc3c(cc2N)CC(=O)N3)cc1C. The highest BCUT2D eigenvalue weighted by Gasteiger charge is 2.19. The Bertz CT molecular complexity index is 710. The van der Waals surface area contributed by atoms with Gasteiger partial charge >= 0.3 is 0 Å². The van der Waals surface area contributed by atoms with Gasteiger partial charge in [-0.2, -0.15) is 0 Å². The molecule has 3 rings (SSSR count). The molecule has 1 heterocycles. The summed E-state index contributed by atoms with van der Waals surface area (Å²) in [6.45, 7) is 4.20. The number of rotatable bonds is 2. The average Bonchev–Trinajstić information content (AvgIpc) is 2.73. The molecule has 3 N–H and O–H groups in total. The molecule has 4 heteroatoms. The predicted octanol–water partition coefficient (Wildman–Crippen LogP) is 3.53. The number of nitrogens with one attached hydrogen (secondary N) is 1. The summed E-state index contributed by atoms with van der Waals surface area (Å²) < 4.78 is 0. The molecule has 2 aromatic rings. The first kappa shape index (κ1) is 13.1. The first-order chi connectivity index (χ1) is 9.52. The molecule has 1 aliphatic rings. The number of anilines is 2. The lowest BCUT2D eigenvalue weighted by Gasteiger charge is -2.09. The van der Waals surface area contributed by atoms with E-state index in [9.17, 15) is 4.79 Å². The van der Waals surface area contributed by atoms with Gasteiger partial charge in [-0.3, -0.25) is 4.79 Å². The molecule has 0 aromatic heterocycles. The number of carbonyl (C=O) groups excluding carboxylic acids is 1. The maximum atomic E-state index is 11.4. The summed E-state index contributed by atoms with van der Waals surface area (Å²) in [5, 5.41) is 2.86. The molecule has 2 aromatic carbocycles. The number of fused-ring (bicyclic) bond motifs is 1. The molecule has 0 saturated heterocycles. The third-order valence-corrected chi connectivity index (χ3v) is 4.63. The van der Waals surface area contributed by atoms with E-state index in [1.165, 1.54) is 11.1 Å². The highest BCUT2D eigenvalue weighted by Crippen LogP contribution is 2.38. The van der Waals surface area contributed by atoms with Gasteiger partial charge in [0.05, 0.1) is 6.42 Å². The van der Waals surface area contributed by atoms with Gasteiger partial charge in [0.2, 0.25) is 5.91 Å². The van der Waals surface area contributed by atoms with Crippen molar-refractivity contribution in [2.45, 2.75) is 30.1 Å². The van der Waals surface area contributed by atoms with Crippen molar-refractivity contribution >= 4 is 29.0 Å². The molecule has 0 bridgehead atoms. The van der Waals surface area contributed by atoms with Crippen LogP contribution in [-0.4, -0.2) is 5.91 Å². The number of nitrogen functional groups attached to an aromatic ring is 1. The molecule has 1 amide bonds. The Balaban J connectivity index is 1.93. The van der Waals surface area contributed by atoms with Crippen molar-refractivity contribution in [2.24, 2.45) is 0 Å². The van der Waals surface area contributed by atoms with Crippen LogP contribution in [0.5, 0.6) is 0 Å². The second-order valence-corrected chi connectivity index (χ2v) is 6.24. The monoisotopic (exact) mass is 284 g/mol. The van der Waals surface area contributed by atoms with Crippen LogP contribution in [0.15, 0.2) is 40.1 Å². The van der Waals surface area contributed by atoms with Crippen LogP contribution in [-0.2, 0) is 11.2 Å². The molecule has 0 radical (unpaired) electrons. The first-order valence-corrected chi connectivity index (χ1v) is 7.32. The maximum absolute atomic E-state index is 11.4. The van der Waals surface area contributed by atoms with Crippen LogP contribution >= 0.6 is 11.8 Å². The lowest BCUT2D eigenvalue weighted by Crippen LogP contribution is -2.03. The van der Waals surface area contributed by atoms with Crippen LogP contribution in [0.4, 0.5) is 11.4 Å². The minimum absolute atomic E-state index is 0.0349. The van der Waals surface area contributed by atoms with E-state index >= 15 is 0 Å². The molecule has 0 spiro atoms. The van der Waals surface area contributed by atoms with E-state index in [1.807, 2.05) is 12.1 Å². The van der Waals surface area contributed by atoms with Crippen molar-refractivity contribution in [3.8, 4) is 0 Å². The lowest BCUT2D eigenvalue weighted by molar-refractivity contribution is -0.115. The maximum Gasteiger partial charge on any atom is 0.228 e. The second-order valence-electron chi connectivity index (χ2n) is 5.12. The molecule has 0 atom stereocenters. The molecular formula is C16H16N2OS. The summed E-state index contributed by atoms with van der Waals surface area (Å²) >= 11 is 1.63. The molecular weight excluding hydrogens is 268 g/mol. The van der Waals surface area contributed by atoms with E-state index in [4.69, 9.17) is 5.73 Å². The summed E-state index contributed by atoms with van der Waals surface area (Å²) in [5.41, 5.74) is 11.2. The second kappa shape index (κ2) is 4.87. The molecule has 3 nitrogen and oxygen atoms in total. The number of hydrogen-bond donors (Lipinski definition) is 2. The quantitative estimate of drug-likeness (QED) is 0.829. The van der Waals surface area contributed by atoms with Crippen LogP contribution < -0.4 is 11.1 Å². The normalized spacial score (nSPS) is 13.2. The van der Waals surface area contributed by atoms with Crippen LogP contribution in [0.3, 0.4) is 0 Å². The van der Waals surface area contributed by atoms with Gasteiger partial charge in [-0.15, -0.1) is 0 Å². The number of benzene rings is 2. The number of amides is 1. The molecule has 0 fully saturated rings. The van der Waals surface area contributed by atoms with Crippen LogP contribution in [0.1, 0.15) is 16.7 Å². The number of aryl methyl sites for hydroxylation is 2. The Morgan fingerprint density at radius 1 is 1.15 bits per heavy atom. The summed E-state index contributed by atoms with van der Waals surface area (Å²) in [6, 6.07) is 10.2. The third kappa shape index (κ3) is 2.39. The summed E-state index contributed by atoms with van der Waals surface area (Å²) in [7, 11) is 0. The zero-order valence-corrected chi connectivity index (χ0v) is 12.3. The fourth-order valence-corrected chi connectivity index (χ4v) is 3.25. The van der Waals surface area contributed by atoms with Gasteiger partial charge in [0, 0.05) is 21.2 Å². The zero-order chi connectivity index (χ0) is 14.3. The van der Waals surface area contributed by atoms with Crippen molar-refractivity contribution in [3.05, 3.63) is 47.0 Å². The molecule has 0 aliphatic carbocycles. The molecule has 20 heavy (non-hydrogen) atoms. The Morgan fingerprint density at radius 3 is 2.70 bits per heavy atom. The van der Waals surface area contributed by atoms with Crippen molar-refractivity contribution in [1.82, 2.24) is 0 Å². The standard InChI is InChI=1S/C16H16N2OS/c1-9-3-4-12(5-10(9)2)20-15-8-14-11(6-13(15)17)7-16(19)18-14/h3-6,8H,7,17H2,1-2H3,(H,18,19). The van der Waals surface area contributed by atoms with Gasteiger partial charge in [-0.1, -0.05) is 17.8 Å². The van der Waals surface area contributed by atoms with Crippen molar-refractivity contribution < 1.29 is 4.79 Å². The number of hydrogen-bond acceptors (Lipinski definition) is 3. The Kier molecular flexibility index (Phi) is 3.18. The Labute approximate surface area is 122 Å². The number of nitrogens with two attached hydrogens (primary N) is 1. The zero-order valence-electron chi connectivity index (χ0n) is 11.5. The van der Waals surface area contributed by atoms with Crippen molar-refractivity contribution in [1.29, 1.82) is 0 Å². The van der Waals surface area contributed by atoms with Gasteiger partial charge in [-0.25, -0.2) is 0 Å². The molecule has 102 valence electrons. The minimum Gasteiger partial charge on any atom is -0.398 e. The predicted molar refractivity (Wildman–Crippen MR) is 83.2 cm³/mol. The molecule has 1 aliphatic heterocycles. The van der Waals surface area contributed by atoms with Gasteiger partial charge < -0.3 is 11.1 Å². The Morgan fingerprint density at radius 2 is 1.95 bits per heavy atom. The van der Waals surface area contributed by atoms with Gasteiger partial charge in [0.25, 0.3) is 0 Å². The average molecular weight is 284 g/mol. The van der Waals surface area contributed by atoms with Gasteiger partial charge in [0.1, 0.15) is 0 Å². The molecule has 0 unspecified atom stereocenters. The van der Waals surface area contributed by atoms with Gasteiger partial charge in [-0.05, 0) is 54.8 Å². The van der Waals surface area contributed by atoms with E-state index in [2.05, 4.69) is 37.4 Å². The highest BCUT2D eigenvalue weighted by molar-refractivity contribution is 7.99. The first-order valence-electron chi connectivity index (χ1n) is 6.50. The lowest BCUT2D eigenvalue weighted by atomic mass is 10.1. The summed E-state index contributed by atoms with van der Waals surface area (Å²) in [6.07, 6.45) is 0.425. The molecule has 0 saturated carbocycles. The Hall–Kier alpha value is -1.94. The van der Waals surface area contributed by atoms with Gasteiger partial charge in [0.15, 0.2) is 0 Å². The minimum atomic E-state index is 0.0349. The number of carbonyl (C=O) groups is 1. The topological polar surface area (TPSA) is 55.1 Å². The highest BCUT2D eigenvalue weighted by atomic mass is 32.2. The summed E-state index contributed by atoms with van der Waals surface area (Å²) in [4.78, 5) is 13.5.